The van der Waals surface area contributed by atoms with E-state index in [4.69, 9.17) is 15.2 Å². The molecule has 0 atom stereocenters. The fourth-order valence-corrected chi connectivity index (χ4v) is 3.27. The lowest BCUT2D eigenvalue weighted by Gasteiger charge is -2.54. The summed E-state index contributed by atoms with van der Waals surface area (Å²) in [6.45, 7) is 2.45. The molecule has 1 fully saturated rings. The van der Waals surface area contributed by atoms with Gasteiger partial charge in [0, 0.05) is 20.2 Å². The number of ether oxygens (including phenoxy) is 2. The number of hydrogen-bond acceptors (Lipinski definition) is 4. The van der Waals surface area contributed by atoms with Gasteiger partial charge in [0.25, 0.3) is 0 Å². The molecular formula is C15H22N2O2. The Morgan fingerprint density at radius 3 is 2.95 bits per heavy atom. The van der Waals surface area contributed by atoms with Crippen LogP contribution in [0.15, 0.2) is 24.3 Å². The Bertz CT molecular complexity index is 444. The van der Waals surface area contributed by atoms with Gasteiger partial charge in [-0.1, -0.05) is 12.1 Å². The van der Waals surface area contributed by atoms with Crippen LogP contribution >= 0.6 is 0 Å². The van der Waals surface area contributed by atoms with Gasteiger partial charge in [-0.15, -0.1) is 0 Å². The molecule has 4 heteroatoms. The fourth-order valence-electron chi connectivity index (χ4n) is 3.27. The lowest BCUT2D eigenvalue weighted by molar-refractivity contribution is -0.0140. The van der Waals surface area contributed by atoms with Gasteiger partial charge in [-0.05, 0) is 31.4 Å². The summed E-state index contributed by atoms with van der Waals surface area (Å²) in [5.41, 5.74) is 7.31. The predicted molar refractivity (Wildman–Crippen MR) is 75.7 cm³/mol. The van der Waals surface area contributed by atoms with Gasteiger partial charge in [0.1, 0.15) is 5.75 Å². The minimum absolute atomic E-state index is 0.0461. The minimum Gasteiger partial charge on any atom is -0.491 e. The van der Waals surface area contributed by atoms with Gasteiger partial charge in [-0.3, -0.25) is 0 Å². The predicted octanol–water partition coefficient (Wildman–Crippen LogP) is 1.78. The number of fused-ring (bicyclic) bond motifs is 1. The Kier molecular flexibility index (Phi) is 3.37. The molecule has 19 heavy (non-hydrogen) atoms. The number of para-hydroxylation sites is 2. The normalized spacial score (nSPS) is 30.0. The molecule has 1 aliphatic heterocycles. The molecule has 0 aromatic heterocycles. The Morgan fingerprint density at radius 2 is 2.21 bits per heavy atom. The van der Waals surface area contributed by atoms with Crippen LogP contribution in [0.4, 0.5) is 5.69 Å². The molecule has 1 heterocycles. The topological polar surface area (TPSA) is 47.7 Å². The van der Waals surface area contributed by atoms with Gasteiger partial charge in [-0.2, -0.15) is 0 Å². The SMILES string of the molecule is COC1CC(CN)(N2CCCOc3ccccc32)C1. The second kappa shape index (κ2) is 5.02. The van der Waals surface area contributed by atoms with Crippen LogP contribution in [-0.2, 0) is 4.74 Å². The van der Waals surface area contributed by atoms with E-state index in [1.807, 2.05) is 12.1 Å². The zero-order valence-electron chi connectivity index (χ0n) is 11.5. The highest BCUT2D eigenvalue weighted by Gasteiger charge is 2.48. The van der Waals surface area contributed by atoms with E-state index in [1.165, 1.54) is 5.69 Å². The minimum atomic E-state index is 0.0461. The Hall–Kier alpha value is -1.26. The molecule has 0 bridgehead atoms. The zero-order valence-corrected chi connectivity index (χ0v) is 11.5. The van der Waals surface area contributed by atoms with E-state index in [9.17, 15) is 0 Å². The first kappa shape index (κ1) is 12.8. The highest BCUT2D eigenvalue weighted by Crippen LogP contribution is 2.44. The van der Waals surface area contributed by atoms with Gasteiger partial charge in [-0.25, -0.2) is 0 Å². The highest BCUT2D eigenvalue weighted by atomic mass is 16.5. The second-order valence-corrected chi connectivity index (χ2v) is 5.52. The standard InChI is InChI=1S/C15H22N2O2/c1-18-12-9-15(10-12,11-16)17-7-4-8-19-14-6-3-2-5-13(14)17/h2-3,5-6,12H,4,7-11,16H2,1H3. The Labute approximate surface area is 114 Å². The zero-order chi connectivity index (χ0) is 13.3. The number of rotatable bonds is 3. The molecule has 1 aromatic rings. The molecule has 4 nitrogen and oxygen atoms in total. The number of methoxy groups -OCH3 is 1. The molecule has 1 aliphatic carbocycles. The summed E-state index contributed by atoms with van der Waals surface area (Å²) in [6, 6.07) is 8.27. The summed E-state index contributed by atoms with van der Waals surface area (Å²) in [5.74, 6) is 0.980. The number of nitrogens with two attached hydrogens (primary N) is 1. The molecule has 0 radical (unpaired) electrons. The first-order valence-corrected chi connectivity index (χ1v) is 7.01. The van der Waals surface area contributed by atoms with Crippen molar-refractivity contribution < 1.29 is 9.47 Å². The lowest BCUT2D eigenvalue weighted by Crippen LogP contribution is -2.64. The van der Waals surface area contributed by atoms with Crippen molar-refractivity contribution in [2.24, 2.45) is 5.73 Å². The maximum atomic E-state index is 6.09. The summed E-state index contributed by atoms with van der Waals surface area (Å²) in [6.07, 6.45) is 3.40. The lowest BCUT2D eigenvalue weighted by atomic mass is 9.72. The van der Waals surface area contributed by atoms with E-state index in [0.29, 0.717) is 12.6 Å². The molecular weight excluding hydrogens is 240 g/mol. The summed E-state index contributed by atoms with van der Waals surface area (Å²) in [5, 5.41) is 0. The summed E-state index contributed by atoms with van der Waals surface area (Å²) in [4.78, 5) is 2.45. The quantitative estimate of drug-likeness (QED) is 0.902. The van der Waals surface area contributed by atoms with Crippen molar-refractivity contribution in [3.63, 3.8) is 0 Å². The van der Waals surface area contributed by atoms with Crippen molar-refractivity contribution in [1.82, 2.24) is 0 Å². The molecule has 1 aromatic carbocycles. The van der Waals surface area contributed by atoms with Gasteiger partial charge < -0.3 is 20.1 Å². The highest BCUT2D eigenvalue weighted by molar-refractivity contribution is 5.61. The van der Waals surface area contributed by atoms with Crippen LogP contribution < -0.4 is 15.4 Å². The maximum absolute atomic E-state index is 6.09. The van der Waals surface area contributed by atoms with Crippen LogP contribution in [0.5, 0.6) is 5.75 Å². The third-order valence-corrected chi connectivity index (χ3v) is 4.44. The Balaban J connectivity index is 1.91. The average Bonchev–Trinajstić information content (AvgIpc) is 2.62. The van der Waals surface area contributed by atoms with Crippen molar-refractivity contribution in [3.05, 3.63) is 24.3 Å². The average molecular weight is 262 g/mol. The molecule has 0 saturated heterocycles. The first-order valence-electron chi connectivity index (χ1n) is 7.01. The largest absolute Gasteiger partial charge is 0.491 e. The van der Waals surface area contributed by atoms with Crippen molar-refractivity contribution in [2.45, 2.75) is 30.9 Å². The summed E-state index contributed by atoms with van der Waals surface area (Å²) in [7, 11) is 1.78. The van der Waals surface area contributed by atoms with Crippen LogP contribution in [0.25, 0.3) is 0 Å². The van der Waals surface area contributed by atoms with Crippen LogP contribution in [0.3, 0.4) is 0 Å². The number of nitrogens with zero attached hydrogens (tertiary/aromatic N) is 1. The van der Waals surface area contributed by atoms with E-state index in [1.54, 1.807) is 7.11 Å². The molecule has 0 spiro atoms. The van der Waals surface area contributed by atoms with E-state index in [0.717, 1.165) is 38.2 Å². The van der Waals surface area contributed by atoms with Crippen LogP contribution in [0, 0.1) is 0 Å². The van der Waals surface area contributed by atoms with Gasteiger partial charge in [0.05, 0.1) is 23.9 Å². The third kappa shape index (κ3) is 2.09. The van der Waals surface area contributed by atoms with E-state index < -0.39 is 0 Å². The first-order chi connectivity index (χ1) is 9.29. The number of hydrogen-bond donors (Lipinski definition) is 1. The van der Waals surface area contributed by atoms with Crippen LogP contribution in [0.2, 0.25) is 0 Å². The molecule has 3 rings (SSSR count). The second-order valence-electron chi connectivity index (χ2n) is 5.52. The summed E-state index contributed by atoms with van der Waals surface area (Å²) >= 11 is 0. The number of anilines is 1. The molecule has 2 N–H and O–H groups in total. The van der Waals surface area contributed by atoms with Crippen molar-refractivity contribution >= 4 is 5.69 Å². The monoisotopic (exact) mass is 262 g/mol. The maximum Gasteiger partial charge on any atom is 0.142 e. The molecule has 0 unspecified atom stereocenters. The molecule has 2 aliphatic rings. The van der Waals surface area contributed by atoms with E-state index in [2.05, 4.69) is 17.0 Å². The molecule has 104 valence electrons. The number of benzene rings is 1. The van der Waals surface area contributed by atoms with Crippen molar-refractivity contribution in [2.75, 3.05) is 31.7 Å². The summed E-state index contributed by atoms with van der Waals surface area (Å²) < 4.78 is 11.3. The van der Waals surface area contributed by atoms with Gasteiger partial charge in [0.15, 0.2) is 0 Å². The van der Waals surface area contributed by atoms with Crippen molar-refractivity contribution in [3.8, 4) is 5.75 Å². The molecule has 0 amide bonds. The Morgan fingerprint density at radius 1 is 1.42 bits per heavy atom. The van der Waals surface area contributed by atoms with Crippen molar-refractivity contribution in [1.29, 1.82) is 0 Å². The van der Waals surface area contributed by atoms with E-state index >= 15 is 0 Å². The third-order valence-electron chi connectivity index (χ3n) is 4.44. The van der Waals surface area contributed by atoms with E-state index in [-0.39, 0.29) is 5.54 Å². The van der Waals surface area contributed by atoms with Gasteiger partial charge >= 0.3 is 0 Å². The van der Waals surface area contributed by atoms with Gasteiger partial charge in [0.2, 0.25) is 0 Å². The fraction of sp³-hybridized carbons (Fsp3) is 0.600. The van der Waals surface area contributed by atoms with Crippen LogP contribution in [0.1, 0.15) is 19.3 Å². The molecule has 1 saturated carbocycles. The van der Waals surface area contributed by atoms with Crippen LogP contribution in [-0.4, -0.2) is 38.4 Å². The smallest absolute Gasteiger partial charge is 0.142 e.